The van der Waals surface area contributed by atoms with E-state index in [4.69, 9.17) is 13.8 Å². The number of phosphoric ester groups is 1. The van der Waals surface area contributed by atoms with Crippen molar-refractivity contribution in [2.75, 3.05) is 12.4 Å². The highest BCUT2D eigenvalue weighted by Crippen LogP contribution is 2.50. The van der Waals surface area contributed by atoms with Gasteiger partial charge in [0.15, 0.2) is 22.5 Å². The number of nitrogens with one attached hydrogen (secondary N) is 1. The maximum Gasteiger partial charge on any atom is 0.287 e. The predicted molar refractivity (Wildman–Crippen MR) is 119 cm³/mol. The zero-order valence-electron chi connectivity index (χ0n) is 17.7. The summed E-state index contributed by atoms with van der Waals surface area (Å²) in [6.07, 6.45) is -2.72. The van der Waals surface area contributed by atoms with Gasteiger partial charge in [0.1, 0.15) is 18.3 Å². The van der Waals surface area contributed by atoms with Crippen LogP contribution >= 0.6 is 19.6 Å². The summed E-state index contributed by atoms with van der Waals surface area (Å²) in [7, 11) is -4.53. The lowest BCUT2D eigenvalue weighted by molar-refractivity contribution is -0.245. The molecule has 2 fully saturated rings. The summed E-state index contributed by atoms with van der Waals surface area (Å²) >= 11 is 1.34. The summed E-state index contributed by atoms with van der Waals surface area (Å²) in [5.41, 5.74) is 1.50. The molecule has 0 spiro atoms. The first kappa shape index (κ1) is 22.0. The highest BCUT2D eigenvalue weighted by Gasteiger charge is 2.51. The van der Waals surface area contributed by atoms with E-state index in [1.54, 1.807) is 6.20 Å². The number of phosphoric acid groups is 1. The molecule has 2 aliphatic rings. The molecule has 2 aliphatic heterocycles. The number of aromatic amines is 1. The smallest absolute Gasteiger partial charge is 0.287 e. The molecule has 0 saturated carbocycles. The zero-order valence-corrected chi connectivity index (χ0v) is 19.4. The van der Waals surface area contributed by atoms with E-state index in [-0.39, 0.29) is 23.3 Å². The molecule has 2 saturated heterocycles. The number of ether oxygens (including phenoxy) is 1. The second-order valence-electron chi connectivity index (χ2n) is 7.88. The van der Waals surface area contributed by atoms with Crippen LogP contribution in [0, 0.1) is 0 Å². The van der Waals surface area contributed by atoms with Crippen molar-refractivity contribution in [2.24, 2.45) is 0 Å². The number of aliphatic hydroxyl groups excluding tert-OH is 1. The van der Waals surface area contributed by atoms with Crippen LogP contribution in [0.25, 0.3) is 28.2 Å². The highest BCUT2D eigenvalue weighted by molar-refractivity contribution is 7.99. The molecule has 12 nitrogen and oxygen atoms in total. The molecule has 3 aromatic heterocycles. The molecule has 1 aromatic carbocycles. The third-order valence-electron chi connectivity index (χ3n) is 5.79. The Kier molecular flexibility index (Phi) is 5.19. The Hall–Kier alpha value is -2.51. The van der Waals surface area contributed by atoms with Crippen molar-refractivity contribution < 1.29 is 28.3 Å². The molecule has 0 amide bonds. The summed E-state index contributed by atoms with van der Waals surface area (Å²) in [4.78, 5) is 37.4. The van der Waals surface area contributed by atoms with Crippen LogP contribution in [0.5, 0.6) is 0 Å². The van der Waals surface area contributed by atoms with Gasteiger partial charge in [-0.25, -0.2) is 9.38 Å². The number of hydrogen-bond donors (Lipinski definition) is 2. The van der Waals surface area contributed by atoms with Gasteiger partial charge in [0.25, 0.3) is 13.4 Å². The van der Waals surface area contributed by atoms with Gasteiger partial charge in [0.05, 0.1) is 12.3 Å². The fraction of sp³-hybridized carbons (Fsp3) is 0.350. The van der Waals surface area contributed by atoms with Crippen LogP contribution in [0.1, 0.15) is 13.2 Å². The van der Waals surface area contributed by atoms with E-state index in [1.165, 1.54) is 20.7 Å². The summed E-state index contributed by atoms with van der Waals surface area (Å²) < 4.78 is 30.3. The molecule has 178 valence electrons. The topological polar surface area (TPSA) is 156 Å². The normalized spacial score (nSPS) is 29.1. The zero-order chi connectivity index (χ0) is 23.6. The number of rotatable bonds is 4. The number of nitrogens with zero attached hydrogens (tertiary/aromatic N) is 4. The van der Waals surface area contributed by atoms with Crippen LogP contribution in [0.15, 0.2) is 46.5 Å². The van der Waals surface area contributed by atoms with Crippen LogP contribution in [0.4, 0.5) is 0 Å². The van der Waals surface area contributed by atoms with Gasteiger partial charge in [0.2, 0.25) is 5.78 Å². The number of benzene rings is 1. The molecule has 2 N–H and O–H groups in total. The van der Waals surface area contributed by atoms with Gasteiger partial charge in [0, 0.05) is 6.20 Å². The molecule has 34 heavy (non-hydrogen) atoms. The first-order valence-electron chi connectivity index (χ1n) is 10.6. The standard InChI is InChI=1S/C20H20N5O7PS/c1-2-34-20-22-13-16(25(20)18-14(26)15-12(31-18)9-30-33(28,29)32-15)23-19-21-11(8-24(19)17(13)27)10-6-4-3-5-7-10/h3-8,12,14-15,18,26H,2,9H2,1H3,(H,21,23)(H,28,29)/p-1/t12?,14?,15-,18-/m1/s1. The maximum absolute atomic E-state index is 13.3. The minimum absolute atomic E-state index is 0.101. The molecule has 5 heterocycles. The lowest BCUT2D eigenvalue weighted by Crippen LogP contribution is -2.41. The first-order valence-corrected chi connectivity index (χ1v) is 13.0. The van der Waals surface area contributed by atoms with E-state index < -0.39 is 32.4 Å². The SMILES string of the molecule is CCSc1nc2c(=O)n3cc(-c4ccccc4)[nH]c3nc2n1[C@@H]1OC2COP(=O)([O-])O[C@H]2C1O. The quantitative estimate of drug-likeness (QED) is 0.307. The monoisotopic (exact) mass is 504 g/mol. The van der Waals surface area contributed by atoms with Gasteiger partial charge in [-0.3, -0.25) is 13.9 Å². The number of aromatic nitrogens is 5. The molecule has 0 bridgehead atoms. The summed E-state index contributed by atoms with van der Waals surface area (Å²) in [5.74, 6) is 0.922. The van der Waals surface area contributed by atoms with Crippen LogP contribution in [0.3, 0.4) is 0 Å². The van der Waals surface area contributed by atoms with Crippen molar-refractivity contribution in [3.63, 3.8) is 0 Å². The second kappa shape index (κ2) is 8.02. The van der Waals surface area contributed by atoms with E-state index in [0.717, 1.165) is 5.56 Å². The third kappa shape index (κ3) is 3.43. The summed E-state index contributed by atoms with van der Waals surface area (Å²) in [6, 6.07) is 9.50. The van der Waals surface area contributed by atoms with Crippen molar-refractivity contribution in [1.82, 2.24) is 23.9 Å². The third-order valence-corrected chi connectivity index (χ3v) is 7.59. The first-order chi connectivity index (χ1) is 16.4. The minimum atomic E-state index is -4.53. The molecule has 4 aromatic rings. The number of fused-ring (bicyclic) bond motifs is 3. The molecule has 6 rings (SSSR count). The molecular formula is C20H19N5O7PS-. The molecule has 5 atom stereocenters. The van der Waals surface area contributed by atoms with Crippen LogP contribution in [-0.4, -0.2) is 59.7 Å². The van der Waals surface area contributed by atoms with E-state index in [2.05, 4.69) is 15.0 Å². The predicted octanol–water partition coefficient (Wildman–Crippen LogP) is 1.29. The Bertz CT molecular complexity index is 1500. The molecule has 0 radical (unpaired) electrons. The molecule has 3 unspecified atom stereocenters. The van der Waals surface area contributed by atoms with Crippen LogP contribution in [0.2, 0.25) is 0 Å². The fourth-order valence-electron chi connectivity index (χ4n) is 4.27. The fourth-order valence-corrected chi connectivity index (χ4v) is 5.97. The van der Waals surface area contributed by atoms with Gasteiger partial charge in [-0.15, -0.1) is 0 Å². The number of hydrogen-bond acceptors (Lipinski definition) is 10. The van der Waals surface area contributed by atoms with Gasteiger partial charge >= 0.3 is 0 Å². The van der Waals surface area contributed by atoms with Crippen molar-refractivity contribution in [3.05, 3.63) is 46.9 Å². The Morgan fingerprint density at radius 3 is 2.88 bits per heavy atom. The van der Waals surface area contributed by atoms with Gasteiger partial charge in [-0.1, -0.05) is 49.0 Å². The second-order valence-corrected chi connectivity index (χ2v) is 10.5. The van der Waals surface area contributed by atoms with Crippen molar-refractivity contribution in [3.8, 4) is 11.3 Å². The number of thioether (sulfide) groups is 1. The molecular weight excluding hydrogens is 485 g/mol. The van der Waals surface area contributed by atoms with Crippen LogP contribution < -0.4 is 10.5 Å². The maximum atomic E-state index is 13.3. The Morgan fingerprint density at radius 1 is 1.32 bits per heavy atom. The highest BCUT2D eigenvalue weighted by atomic mass is 32.2. The Labute approximate surface area is 196 Å². The molecule has 14 heteroatoms. The Morgan fingerprint density at radius 2 is 2.12 bits per heavy atom. The summed E-state index contributed by atoms with van der Waals surface area (Å²) in [5, 5.41) is 11.3. The van der Waals surface area contributed by atoms with Gasteiger partial charge < -0.3 is 28.8 Å². The van der Waals surface area contributed by atoms with E-state index in [9.17, 15) is 19.4 Å². The van der Waals surface area contributed by atoms with Crippen molar-refractivity contribution >= 4 is 36.5 Å². The average Bonchev–Trinajstić information content (AvgIpc) is 3.49. The van der Waals surface area contributed by atoms with Gasteiger partial charge in [-0.05, 0) is 11.3 Å². The lowest BCUT2D eigenvalue weighted by atomic mass is 10.1. The number of H-pyrrole nitrogens is 1. The number of imidazole rings is 2. The lowest BCUT2D eigenvalue weighted by Gasteiger charge is -2.34. The van der Waals surface area contributed by atoms with Gasteiger partial charge in [-0.2, -0.15) is 4.98 Å². The van der Waals surface area contributed by atoms with E-state index >= 15 is 0 Å². The van der Waals surface area contributed by atoms with Crippen molar-refractivity contribution in [2.45, 2.75) is 36.6 Å². The average molecular weight is 504 g/mol. The largest absolute Gasteiger partial charge is 0.756 e. The van der Waals surface area contributed by atoms with Crippen molar-refractivity contribution in [1.29, 1.82) is 0 Å². The minimum Gasteiger partial charge on any atom is -0.756 e. The van der Waals surface area contributed by atoms with E-state index in [1.807, 2.05) is 37.3 Å². The summed E-state index contributed by atoms with van der Waals surface area (Å²) in [6.45, 7) is 1.64. The molecule has 0 aliphatic carbocycles. The van der Waals surface area contributed by atoms with E-state index in [0.29, 0.717) is 22.4 Å². The van der Waals surface area contributed by atoms with Crippen LogP contribution in [-0.2, 0) is 18.3 Å². The number of aliphatic hydroxyl groups is 1. The Balaban J connectivity index is 1.50.